The molecule has 1 saturated heterocycles. The summed E-state index contributed by atoms with van der Waals surface area (Å²) in [5.74, 6) is -6.89. The average molecular weight is 235 g/mol. The van der Waals surface area contributed by atoms with E-state index in [1.54, 1.807) is 0 Å². The fraction of sp³-hybridized carbons (Fsp3) is 0.400. The van der Waals surface area contributed by atoms with Gasteiger partial charge in [-0.1, -0.05) is 0 Å². The molecule has 0 aliphatic carbocycles. The predicted molar refractivity (Wildman–Crippen MR) is 48.2 cm³/mol. The second kappa shape index (κ2) is 4.29. The van der Waals surface area contributed by atoms with Gasteiger partial charge < -0.3 is 10.1 Å². The first-order valence-corrected chi connectivity index (χ1v) is 4.80. The molecule has 2 nitrogen and oxygen atoms in total. The zero-order chi connectivity index (χ0) is 11.7. The van der Waals surface area contributed by atoms with Crippen molar-refractivity contribution in [1.29, 1.82) is 0 Å². The van der Waals surface area contributed by atoms with E-state index < -0.39 is 35.1 Å². The van der Waals surface area contributed by atoms with E-state index in [1.807, 2.05) is 0 Å². The van der Waals surface area contributed by atoms with E-state index in [-0.39, 0.29) is 6.07 Å². The second-order valence-corrected chi connectivity index (χ2v) is 3.53. The van der Waals surface area contributed by atoms with E-state index in [2.05, 4.69) is 5.32 Å². The average Bonchev–Trinajstić information content (AvgIpc) is 2.74. The van der Waals surface area contributed by atoms with Crippen LogP contribution in [0, 0.1) is 23.3 Å². The van der Waals surface area contributed by atoms with E-state index in [4.69, 9.17) is 4.74 Å². The minimum absolute atomic E-state index is 0.157. The quantitative estimate of drug-likeness (QED) is 0.625. The van der Waals surface area contributed by atoms with Crippen molar-refractivity contribution < 1.29 is 22.3 Å². The van der Waals surface area contributed by atoms with Gasteiger partial charge in [-0.2, -0.15) is 8.78 Å². The van der Waals surface area contributed by atoms with Crippen LogP contribution in [-0.2, 0) is 0 Å². The summed E-state index contributed by atoms with van der Waals surface area (Å²) in [4.78, 5) is 0. The summed E-state index contributed by atoms with van der Waals surface area (Å²) < 4.78 is 56.9. The zero-order valence-electron chi connectivity index (χ0n) is 8.20. The molecule has 1 aromatic rings. The third kappa shape index (κ3) is 1.97. The van der Waals surface area contributed by atoms with Crippen molar-refractivity contribution in [2.45, 2.75) is 12.5 Å². The third-order valence-corrected chi connectivity index (χ3v) is 2.37. The molecule has 1 atom stereocenters. The fourth-order valence-corrected chi connectivity index (χ4v) is 1.55. The Morgan fingerprint density at radius 3 is 2.25 bits per heavy atom. The Morgan fingerprint density at radius 1 is 1.12 bits per heavy atom. The standard InChI is InChI=1S/C10H9F4NO/c11-6-3-7(12)9(14)10(8(6)13)16-5-1-2-15-4-5/h3,5,15H,1-2,4H2. The van der Waals surface area contributed by atoms with Crippen molar-refractivity contribution >= 4 is 0 Å². The Morgan fingerprint density at radius 2 is 1.75 bits per heavy atom. The maximum Gasteiger partial charge on any atom is 0.203 e. The highest BCUT2D eigenvalue weighted by Crippen LogP contribution is 2.28. The van der Waals surface area contributed by atoms with Crippen molar-refractivity contribution in [3.63, 3.8) is 0 Å². The van der Waals surface area contributed by atoms with Crippen LogP contribution in [-0.4, -0.2) is 19.2 Å². The van der Waals surface area contributed by atoms with Crippen LogP contribution in [0.2, 0.25) is 0 Å². The Labute approximate surface area is 89.2 Å². The van der Waals surface area contributed by atoms with Gasteiger partial charge in [0.15, 0.2) is 17.4 Å². The minimum Gasteiger partial charge on any atom is -0.483 e. The number of rotatable bonds is 2. The van der Waals surface area contributed by atoms with E-state index in [0.717, 1.165) is 0 Å². The molecule has 1 aliphatic rings. The van der Waals surface area contributed by atoms with E-state index >= 15 is 0 Å². The molecule has 1 aromatic carbocycles. The maximum absolute atomic E-state index is 13.2. The number of halogens is 4. The highest BCUT2D eigenvalue weighted by Gasteiger charge is 2.25. The maximum atomic E-state index is 13.2. The SMILES string of the molecule is Fc1cc(F)c(F)c(OC2CCNC2)c1F. The summed E-state index contributed by atoms with van der Waals surface area (Å²) in [6.07, 6.45) is 0.0713. The summed E-state index contributed by atoms with van der Waals surface area (Å²) in [5, 5.41) is 2.90. The van der Waals surface area contributed by atoms with Gasteiger partial charge in [0.25, 0.3) is 0 Å². The Kier molecular flexibility index (Phi) is 3.00. The summed E-state index contributed by atoms with van der Waals surface area (Å²) in [5.41, 5.74) is 0. The summed E-state index contributed by atoms with van der Waals surface area (Å²) >= 11 is 0. The van der Waals surface area contributed by atoms with Gasteiger partial charge in [-0.15, -0.1) is 0 Å². The van der Waals surface area contributed by atoms with Crippen LogP contribution in [0.4, 0.5) is 17.6 Å². The van der Waals surface area contributed by atoms with Crippen LogP contribution in [0.25, 0.3) is 0 Å². The van der Waals surface area contributed by atoms with E-state index in [9.17, 15) is 17.6 Å². The molecule has 1 unspecified atom stereocenters. The fourth-order valence-electron chi connectivity index (χ4n) is 1.55. The normalized spacial score (nSPS) is 20.1. The van der Waals surface area contributed by atoms with Crippen LogP contribution in [0.1, 0.15) is 6.42 Å². The molecule has 0 amide bonds. The van der Waals surface area contributed by atoms with E-state index in [0.29, 0.717) is 19.5 Å². The van der Waals surface area contributed by atoms with Crippen molar-refractivity contribution in [1.82, 2.24) is 5.32 Å². The van der Waals surface area contributed by atoms with E-state index in [1.165, 1.54) is 0 Å². The van der Waals surface area contributed by atoms with Crippen molar-refractivity contribution in [3.8, 4) is 5.75 Å². The molecule has 0 radical (unpaired) electrons. The molecule has 0 spiro atoms. The molecular weight excluding hydrogens is 226 g/mol. The van der Waals surface area contributed by atoms with Gasteiger partial charge in [-0.05, 0) is 13.0 Å². The first kappa shape index (κ1) is 11.2. The molecule has 1 fully saturated rings. The van der Waals surface area contributed by atoms with Crippen molar-refractivity contribution in [2.24, 2.45) is 0 Å². The highest BCUT2D eigenvalue weighted by molar-refractivity contribution is 5.29. The smallest absolute Gasteiger partial charge is 0.203 e. The van der Waals surface area contributed by atoms with Gasteiger partial charge in [0.05, 0.1) is 0 Å². The second-order valence-electron chi connectivity index (χ2n) is 3.53. The van der Waals surface area contributed by atoms with Crippen LogP contribution in [0.15, 0.2) is 6.07 Å². The zero-order valence-corrected chi connectivity index (χ0v) is 8.20. The van der Waals surface area contributed by atoms with Gasteiger partial charge in [-0.25, -0.2) is 8.78 Å². The lowest BCUT2D eigenvalue weighted by Crippen LogP contribution is -2.21. The van der Waals surface area contributed by atoms with Gasteiger partial charge in [0, 0.05) is 12.6 Å². The molecule has 16 heavy (non-hydrogen) atoms. The lowest BCUT2D eigenvalue weighted by atomic mass is 10.2. The molecule has 1 N–H and O–H groups in total. The Bertz CT molecular complexity index is 378. The molecule has 88 valence electrons. The van der Waals surface area contributed by atoms with Crippen molar-refractivity contribution in [3.05, 3.63) is 29.3 Å². The molecule has 6 heteroatoms. The third-order valence-electron chi connectivity index (χ3n) is 2.37. The molecule has 0 saturated carbocycles. The number of benzene rings is 1. The number of hydrogen-bond acceptors (Lipinski definition) is 2. The van der Waals surface area contributed by atoms with Crippen LogP contribution < -0.4 is 10.1 Å². The summed E-state index contributed by atoms with van der Waals surface area (Å²) in [6, 6.07) is 0.157. The lowest BCUT2D eigenvalue weighted by molar-refractivity contribution is 0.196. The number of hydrogen-bond donors (Lipinski definition) is 1. The minimum atomic E-state index is -1.49. The monoisotopic (exact) mass is 235 g/mol. The molecule has 1 aliphatic heterocycles. The van der Waals surface area contributed by atoms with Gasteiger partial charge in [0.2, 0.25) is 11.6 Å². The largest absolute Gasteiger partial charge is 0.483 e. The van der Waals surface area contributed by atoms with Gasteiger partial charge in [-0.3, -0.25) is 0 Å². The molecular formula is C10H9F4NO. The van der Waals surface area contributed by atoms with Crippen LogP contribution in [0.3, 0.4) is 0 Å². The molecule has 0 bridgehead atoms. The Hall–Kier alpha value is -1.30. The van der Waals surface area contributed by atoms with Crippen LogP contribution >= 0.6 is 0 Å². The number of nitrogens with one attached hydrogen (secondary N) is 1. The predicted octanol–water partition coefficient (Wildman–Crippen LogP) is 1.98. The Balaban J connectivity index is 2.31. The lowest BCUT2D eigenvalue weighted by Gasteiger charge is -2.14. The van der Waals surface area contributed by atoms with Crippen molar-refractivity contribution in [2.75, 3.05) is 13.1 Å². The number of ether oxygens (including phenoxy) is 1. The topological polar surface area (TPSA) is 21.3 Å². The first-order chi connectivity index (χ1) is 7.59. The highest BCUT2D eigenvalue weighted by atomic mass is 19.2. The first-order valence-electron chi connectivity index (χ1n) is 4.80. The van der Waals surface area contributed by atoms with Crippen LogP contribution in [0.5, 0.6) is 5.75 Å². The molecule has 0 aromatic heterocycles. The summed E-state index contributed by atoms with van der Waals surface area (Å²) in [7, 11) is 0. The summed E-state index contributed by atoms with van der Waals surface area (Å²) in [6.45, 7) is 1.04. The molecule has 1 heterocycles. The molecule has 2 rings (SSSR count). The van der Waals surface area contributed by atoms with Gasteiger partial charge >= 0.3 is 0 Å². The van der Waals surface area contributed by atoms with Gasteiger partial charge in [0.1, 0.15) is 6.10 Å².